The van der Waals surface area contributed by atoms with Crippen molar-refractivity contribution in [2.45, 2.75) is 116 Å². The van der Waals surface area contributed by atoms with Gasteiger partial charge in [0.25, 0.3) is 23.3 Å². The Morgan fingerprint density at radius 3 is 2.43 bits per heavy atom. The minimum atomic E-state index is -0.999. The lowest BCUT2D eigenvalue weighted by Gasteiger charge is -2.53. The number of anilines is 4. The molecule has 0 bridgehead atoms. The van der Waals surface area contributed by atoms with Gasteiger partial charge in [0.05, 0.1) is 35.0 Å². The molecular formula is C48H57ClN10O8. The Hall–Kier alpha value is -6.11. The molecule has 6 heterocycles. The zero-order valence-electron chi connectivity index (χ0n) is 38.6. The number of fused-ring (bicyclic) bond motifs is 2. The van der Waals surface area contributed by atoms with Gasteiger partial charge in [-0.1, -0.05) is 11.6 Å². The molecule has 4 aliphatic heterocycles. The van der Waals surface area contributed by atoms with Gasteiger partial charge in [-0.05, 0) is 109 Å². The highest BCUT2D eigenvalue weighted by Crippen LogP contribution is 2.39. The van der Waals surface area contributed by atoms with Crippen LogP contribution >= 0.6 is 11.6 Å². The van der Waals surface area contributed by atoms with E-state index in [1.54, 1.807) is 22.9 Å². The van der Waals surface area contributed by atoms with E-state index in [0.29, 0.717) is 39.6 Å². The van der Waals surface area contributed by atoms with Crippen molar-refractivity contribution in [1.29, 1.82) is 0 Å². The van der Waals surface area contributed by atoms with Crippen molar-refractivity contribution >= 4 is 75.2 Å². The Kier molecular flexibility index (Phi) is 12.7. The molecule has 2 aromatic carbocycles. The normalized spacial score (nSPS) is 23.7. The molecule has 18 nitrogen and oxygen atoms in total. The fourth-order valence-electron chi connectivity index (χ4n) is 10.4. The van der Waals surface area contributed by atoms with Crippen molar-refractivity contribution in [2.24, 2.45) is 0 Å². The standard InChI is InChI=1S/C48H57ClN10O8/c1-25(2)58-37-9-7-30(17-29(37)18-39(46(58)64)66-24-41(61)50-6)52-43-35(49)21-51-48(54-43)55-15-13-32(14-16-55)67-33-19-31(20-33)56-22-27(4)57(23-26(56)3)36-10-8-34-42(28(36)5)47(65)59(45(34)63)38-11-12-40(60)53-44(38)62/h7-10,17-18,21,25-27,31-33,38H,11-16,19-20,22-24H2,1-6H3,(H,50,61)(H,51,52,54)(H,53,60,62)/t26-,27+,31?,33?,38+/m0/s1. The summed E-state index contributed by atoms with van der Waals surface area (Å²) < 4.78 is 13.9. The summed E-state index contributed by atoms with van der Waals surface area (Å²) in [5.74, 6) is -1.22. The average molecular weight is 937 g/mol. The summed E-state index contributed by atoms with van der Waals surface area (Å²) in [4.78, 5) is 94.1. The molecule has 19 heteroatoms. The second-order valence-corrected chi connectivity index (χ2v) is 19.1. The predicted octanol–water partition coefficient (Wildman–Crippen LogP) is 4.72. The molecule has 2 aromatic heterocycles. The van der Waals surface area contributed by atoms with Crippen molar-refractivity contribution in [3.8, 4) is 5.75 Å². The molecule has 1 aliphatic carbocycles. The smallest absolute Gasteiger partial charge is 0.293 e. The fraction of sp³-hybridized carbons (Fsp3) is 0.500. The summed E-state index contributed by atoms with van der Waals surface area (Å²) in [6.07, 6.45) is 5.73. The number of aromatic nitrogens is 3. The van der Waals surface area contributed by atoms with Crippen LogP contribution in [0.15, 0.2) is 47.4 Å². The van der Waals surface area contributed by atoms with Gasteiger partial charge in [-0.3, -0.25) is 43.9 Å². The van der Waals surface area contributed by atoms with Gasteiger partial charge in [-0.25, -0.2) is 4.98 Å². The van der Waals surface area contributed by atoms with E-state index in [1.807, 2.05) is 45.0 Å². The van der Waals surface area contributed by atoms with E-state index in [-0.39, 0.29) is 67.0 Å². The van der Waals surface area contributed by atoms with Crippen LogP contribution in [0.2, 0.25) is 5.02 Å². The maximum absolute atomic E-state index is 13.7. The molecule has 3 saturated heterocycles. The number of piperazine rings is 1. The maximum Gasteiger partial charge on any atom is 0.293 e. The third kappa shape index (κ3) is 8.82. The van der Waals surface area contributed by atoms with Crippen LogP contribution in [0.1, 0.15) is 98.5 Å². The first-order valence-electron chi connectivity index (χ1n) is 23.2. The Balaban J connectivity index is 0.774. The van der Waals surface area contributed by atoms with E-state index in [2.05, 4.69) is 49.5 Å². The molecule has 3 N–H and O–H groups in total. The number of carbonyl (C=O) groups excluding carboxylic acids is 5. The zero-order chi connectivity index (χ0) is 47.4. The SMILES string of the molecule is CNC(=O)COc1cc2cc(Nc3nc(N4CCC(OC5CC(N6C[C@@H](C)N(c7ccc8c(c7C)C(=O)N([C@@H]7CCC(=O)NC7=O)C8=O)C[C@@H]6C)C5)CC4)ncc3Cl)ccc2n(C(C)C)c1=O. The number of halogens is 1. The summed E-state index contributed by atoms with van der Waals surface area (Å²) in [5.41, 5.74) is 3.39. The van der Waals surface area contributed by atoms with Gasteiger partial charge in [-0.2, -0.15) is 4.98 Å². The lowest BCUT2D eigenvalue weighted by Crippen LogP contribution is -2.62. The van der Waals surface area contributed by atoms with Crippen LogP contribution in [-0.4, -0.2) is 130 Å². The predicted molar refractivity (Wildman–Crippen MR) is 252 cm³/mol. The maximum atomic E-state index is 13.7. The highest BCUT2D eigenvalue weighted by molar-refractivity contribution is 6.33. The van der Waals surface area contributed by atoms with Crippen molar-refractivity contribution in [2.75, 3.05) is 55.0 Å². The lowest BCUT2D eigenvalue weighted by atomic mass is 9.85. The number of piperidine rings is 2. The Morgan fingerprint density at radius 2 is 1.72 bits per heavy atom. The third-order valence-electron chi connectivity index (χ3n) is 14.0. The number of amides is 5. The van der Waals surface area contributed by atoms with Crippen LogP contribution in [0.5, 0.6) is 5.75 Å². The van der Waals surface area contributed by atoms with E-state index in [9.17, 15) is 28.8 Å². The number of hydrogen-bond acceptors (Lipinski definition) is 14. The third-order valence-corrected chi connectivity index (χ3v) is 14.3. The number of nitrogens with one attached hydrogen (secondary N) is 3. The van der Waals surface area contributed by atoms with E-state index in [0.717, 1.165) is 78.9 Å². The molecule has 1 saturated carbocycles. The molecular weight excluding hydrogens is 880 g/mol. The molecule has 67 heavy (non-hydrogen) atoms. The number of carbonyl (C=O) groups is 5. The molecule has 0 unspecified atom stereocenters. The topological polar surface area (TPSA) is 201 Å². The van der Waals surface area contributed by atoms with Crippen molar-refractivity contribution < 1.29 is 33.4 Å². The second-order valence-electron chi connectivity index (χ2n) is 18.7. The fourth-order valence-corrected chi connectivity index (χ4v) is 10.5. The average Bonchev–Trinajstić information content (AvgIpc) is 3.54. The van der Waals surface area contributed by atoms with Gasteiger partial charge in [0.1, 0.15) is 11.1 Å². The summed E-state index contributed by atoms with van der Waals surface area (Å²) in [6, 6.07) is 10.5. The summed E-state index contributed by atoms with van der Waals surface area (Å²) in [5, 5.41) is 9.21. The van der Waals surface area contributed by atoms with Gasteiger partial charge in [0.2, 0.25) is 17.8 Å². The van der Waals surface area contributed by atoms with Gasteiger partial charge in [0.15, 0.2) is 18.2 Å². The quantitative estimate of drug-likeness (QED) is 0.165. The van der Waals surface area contributed by atoms with Gasteiger partial charge >= 0.3 is 0 Å². The number of imide groups is 2. The minimum absolute atomic E-state index is 0.0781. The number of hydrogen-bond donors (Lipinski definition) is 3. The molecule has 0 spiro atoms. The molecule has 3 atom stereocenters. The van der Waals surface area contributed by atoms with Crippen LogP contribution < -0.4 is 36.0 Å². The zero-order valence-corrected chi connectivity index (χ0v) is 39.4. The first-order valence-corrected chi connectivity index (χ1v) is 23.6. The number of nitrogens with zero attached hydrogens (tertiary/aromatic N) is 7. The first kappa shape index (κ1) is 46.0. The van der Waals surface area contributed by atoms with Crippen LogP contribution in [0.3, 0.4) is 0 Å². The monoisotopic (exact) mass is 936 g/mol. The Bertz CT molecular complexity index is 2710. The number of rotatable bonds is 12. The second kappa shape index (κ2) is 18.5. The van der Waals surface area contributed by atoms with Crippen LogP contribution in [0, 0.1) is 6.92 Å². The van der Waals surface area contributed by atoms with E-state index >= 15 is 0 Å². The molecule has 354 valence electrons. The number of ether oxygens (including phenoxy) is 2. The molecule has 5 amide bonds. The van der Waals surface area contributed by atoms with Crippen LogP contribution in [-0.2, 0) is 19.1 Å². The van der Waals surface area contributed by atoms with Gasteiger partial charge in [-0.15, -0.1) is 0 Å². The van der Waals surface area contributed by atoms with Crippen LogP contribution in [0.4, 0.5) is 23.1 Å². The van der Waals surface area contributed by atoms with Crippen molar-refractivity contribution in [1.82, 2.24) is 35.0 Å². The molecule has 0 radical (unpaired) electrons. The van der Waals surface area contributed by atoms with Crippen molar-refractivity contribution in [3.05, 3.63) is 74.7 Å². The van der Waals surface area contributed by atoms with E-state index in [4.69, 9.17) is 26.1 Å². The largest absolute Gasteiger partial charge is 0.478 e. The summed E-state index contributed by atoms with van der Waals surface area (Å²) in [7, 11) is 1.51. The Labute approximate surface area is 393 Å². The summed E-state index contributed by atoms with van der Waals surface area (Å²) >= 11 is 6.62. The minimum Gasteiger partial charge on any atom is -0.478 e. The molecule has 9 rings (SSSR count). The van der Waals surface area contributed by atoms with Crippen LogP contribution in [0.25, 0.3) is 10.9 Å². The lowest BCUT2D eigenvalue weighted by molar-refractivity contribution is -0.136. The van der Waals surface area contributed by atoms with Gasteiger partial charge in [0, 0.05) is 80.6 Å². The van der Waals surface area contributed by atoms with E-state index < -0.39 is 29.7 Å². The highest BCUT2D eigenvalue weighted by atomic mass is 35.5. The number of likely N-dealkylation sites (N-methyl/N-ethyl adjacent to an activating group) is 1. The number of pyridine rings is 1. The van der Waals surface area contributed by atoms with Crippen molar-refractivity contribution in [3.63, 3.8) is 0 Å². The first-order chi connectivity index (χ1) is 32.1. The number of benzene rings is 2. The summed E-state index contributed by atoms with van der Waals surface area (Å²) in [6.45, 7) is 12.9. The molecule has 5 aliphatic rings. The van der Waals surface area contributed by atoms with E-state index in [1.165, 1.54) is 7.05 Å². The van der Waals surface area contributed by atoms with Gasteiger partial charge < -0.3 is 34.5 Å². The molecule has 4 aromatic rings. The Morgan fingerprint density at radius 1 is 0.955 bits per heavy atom. The highest BCUT2D eigenvalue weighted by Gasteiger charge is 2.47. The molecule has 4 fully saturated rings.